The van der Waals surface area contributed by atoms with Gasteiger partial charge < -0.3 is 8.92 Å². The van der Waals surface area contributed by atoms with Crippen LogP contribution in [0.5, 0.6) is 5.75 Å². The molecule has 2 aromatic carbocycles. The van der Waals surface area contributed by atoms with Gasteiger partial charge in [0.25, 0.3) is 0 Å². The summed E-state index contributed by atoms with van der Waals surface area (Å²) in [6.07, 6.45) is 0. The maximum atomic E-state index is 12.3. The number of ether oxygens (including phenoxy) is 1. The lowest BCUT2D eigenvalue weighted by atomic mass is 10.2. The van der Waals surface area contributed by atoms with Crippen molar-refractivity contribution in [1.29, 1.82) is 0 Å². The van der Waals surface area contributed by atoms with Gasteiger partial charge in [-0.15, -0.1) is 0 Å². The van der Waals surface area contributed by atoms with Gasteiger partial charge >= 0.3 is 16.1 Å². The Hall–Kier alpha value is -2.67. The molecule has 0 fully saturated rings. The van der Waals surface area contributed by atoms with Crippen LogP contribution in [0.4, 0.5) is 0 Å². The van der Waals surface area contributed by atoms with Crippen LogP contribution in [-0.4, -0.2) is 27.3 Å². The predicted molar refractivity (Wildman–Crippen MR) is 82.0 cm³/mol. The van der Waals surface area contributed by atoms with E-state index in [0.717, 1.165) is 0 Å². The fourth-order valence-corrected chi connectivity index (χ4v) is 2.81. The summed E-state index contributed by atoms with van der Waals surface area (Å²) in [7, 11) is -2.90. The van der Waals surface area contributed by atoms with Crippen molar-refractivity contribution in [2.24, 2.45) is 0 Å². The highest BCUT2D eigenvalue weighted by Gasteiger charge is 2.18. The van der Waals surface area contributed by atoms with Crippen LogP contribution in [0.3, 0.4) is 0 Å². The summed E-state index contributed by atoms with van der Waals surface area (Å²) in [5.74, 6) is -0.887. The first-order chi connectivity index (χ1) is 10.8. The molecule has 23 heavy (non-hydrogen) atoms. The van der Waals surface area contributed by atoms with E-state index < -0.39 is 16.1 Å². The second kappa shape index (κ2) is 6.62. The van der Waals surface area contributed by atoms with Crippen molar-refractivity contribution in [1.82, 2.24) is 0 Å². The molecule has 0 atom stereocenters. The largest absolute Gasteiger partial charge is 0.465 e. The van der Waals surface area contributed by atoms with E-state index in [0.29, 0.717) is 0 Å². The highest BCUT2D eigenvalue weighted by Crippen LogP contribution is 2.21. The summed E-state index contributed by atoms with van der Waals surface area (Å²) in [6.45, 7) is 1.34. The average Bonchev–Trinajstić information content (AvgIpc) is 2.54. The van der Waals surface area contributed by atoms with Crippen LogP contribution in [0.25, 0.3) is 0 Å². The number of hydrogen-bond donors (Lipinski definition) is 0. The van der Waals surface area contributed by atoms with Crippen LogP contribution in [0.1, 0.15) is 27.6 Å². The van der Waals surface area contributed by atoms with E-state index in [4.69, 9.17) is 4.18 Å². The first kappa shape index (κ1) is 16.7. The van der Waals surface area contributed by atoms with E-state index in [1.54, 1.807) is 0 Å². The minimum Gasteiger partial charge on any atom is -0.465 e. The molecule has 7 heteroatoms. The van der Waals surface area contributed by atoms with E-state index in [9.17, 15) is 18.0 Å². The average molecular weight is 334 g/mol. The third-order valence-corrected chi connectivity index (χ3v) is 4.23. The van der Waals surface area contributed by atoms with Crippen molar-refractivity contribution in [3.63, 3.8) is 0 Å². The smallest absolute Gasteiger partial charge is 0.339 e. The van der Waals surface area contributed by atoms with Crippen molar-refractivity contribution >= 4 is 21.9 Å². The molecular weight excluding hydrogens is 320 g/mol. The normalized spacial score (nSPS) is 10.9. The molecule has 0 spiro atoms. The van der Waals surface area contributed by atoms with Gasteiger partial charge in [-0.3, -0.25) is 4.79 Å². The summed E-state index contributed by atoms with van der Waals surface area (Å²) >= 11 is 0. The summed E-state index contributed by atoms with van der Waals surface area (Å²) in [5, 5.41) is 0. The second-order valence-electron chi connectivity index (χ2n) is 4.64. The third-order valence-electron chi connectivity index (χ3n) is 2.99. The minimum atomic E-state index is -4.12. The first-order valence-corrected chi connectivity index (χ1v) is 7.98. The molecule has 6 nitrogen and oxygen atoms in total. The number of methoxy groups -OCH3 is 1. The number of carbonyl (C=O) groups is 2. The number of carbonyl (C=O) groups excluding carboxylic acids is 2. The lowest BCUT2D eigenvalue weighted by molar-refractivity contribution is 0.0600. The second-order valence-corrected chi connectivity index (χ2v) is 6.19. The molecule has 0 aromatic heterocycles. The predicted octanol–water partition coefficient (Wildman–Crippen LogP) is 2.44. The molecular formula is C16H14O6S. The molecule has 120 valence electrons. The Balaban J connectivity index is 2.33. The molecule has 0 unspecified atom stereocenters. The Bertz CT molecular complexity index is 854. The Labute approximate surface area is 133 Å². The van der Waals surface area contributed by atoms with Gasteiger partial charge in [-0.1, -0.05) is 18.2 Å². The molecule has 0 bridgehead atoms. The zero-order chi connectivity index (χ0) is 17.0. The number of esters is 1. The maximum Gasteiger partial charge on any atom is 0.339 e. The zero-order valence-electron chi connectivity index (χ0n) is 12.5. The van der Waals surface area contributed by atoms with Gasteiger partial charge in [-0.2, -0.15) is 8.42 Å². The van der Waals surface area contributed by atoms with E-state index in [1.165, 1.54) is 62.6 Å². The summed E-state index contributed by atoms with van der Waals surface area (Å²) < 4.78 is 34.1. The van der Waals surface area contributed by atoms with E-state index >= 15 is 0 Å². The van der Waals surface area contributed by atoms with E-state index in [-0.39, 0.29) is 27.6 Å². The first-order valence-electron chi connectivity index (χ1n) is 6.57. The molecule has 0 N–H and O–H groups in total. The third kappa shape index (κ3) is 3.95. The SMILES string of the molecule is COC(=O)c1cccc(OS(=O)(=O)c2cccc(C(C)=O)c2)c1. The zero-order valence-corrected chi connectivity index (χ0v) is 13.3. The van der Waals surface area contributed by atoms with Gasteiger partial charge in [0.15, 0.2) is 5.78 Å². The molecule has 0 aliphatic carbocycles. The van der Waals surface area contributed by atoms with E-state index in [2.05, 4.69) is 4.74 Å². The quantitative estimate of drug-likeness (QED) is 0.474. The Morgan fingerprint density at radius 1 is 0.957 bits per heavy atom. The van der Waals surface area contributed by atoms with Gasteiger partial charge in [-0.05, 0) is 37.3 Å². The number of benzene rings is 2. The van der Waals surface area contributed by atoms with Crippen molar-refractivity contribution in [2.75, 3.05) is 7.11 Å². The highest BCUT2D eigenvalue weighted by atomic mass is 32.2. The van der Waals surface area contributed by atoms with Crippen LogP contribution in [0.15, 0.2) is 53.4 Å². The van der Waals surface area contributed by atoms with Crippen molar-refractivity contribution in [2.45, 2.75) is 11.8 Å². The Kier molecular flexibility index (Phi) is 4.80. The number of rotatable bonds is 5. The topological polar surface area (TPSA) is 86.7 Å². The minimum absolute atomic E-state index is 0.0267. The number of Topliss-reactive ketones (excluding diaryl/α,β-unsaturated/α-hetero) is 1. The van der Waals surface area contributed by atoms with Gasteiger partial charge in [-0.25, -0.2) is 4.79 Å². The van der Waals surface area contributed by atoms with Gasteiger partial charge in [0.1, 0.15) is 10.6 Å². The molecule has 0 aliphatic heterocycles. The van der Waals surface area contributed by atoms with Crippen LogP contribution >= 0.6 is 0 Å². The van der Waals surface area contributed by atoms with Crippen LogP contribution in [-0.2, 0) is 14.9 Å². The lowest BCUT2D eigenvalue weighted by Crippen LogP contribution is -2.11. The van der Waals surface area contributed by atoms with Crippen molar-refractivity contribution < 1.29 is 26.9 Å². The molecule has 0 heterocycles. The van der Waals surface area contributed by atoms with Crippen LogP contribution in [0.2, 0.25) is 0 Å². The van der Waals surface area contributed by atoms with Crippen LogP contribution in [0, 0.1) is 0 Å². The number of hydrogen-bond acceptors (Lipinski definition) is 6. The Morgan fingerprint density at radius 2 is 1.61 bits per heavy atom. The standard InChI is InChI=1S/C16H14O6S/c1-11(17)12-5-4-8-15(10-12)23(19,20)22-14-7-3-6-13(9-14)16(18)21-2/h3-10H,1-2H3. The molecule has 2 rings (SSSR count). The monoisotopic (exact) mass is 334 g/mol. The fourth-order valence-electron chi connectivity index (χ4n) is 1.84. The summed E-state index contributed by atoms with van der Waals surface area (Å²) in [5.41, 5.74) is 0.427. The molecule has 0 saturated carbocycles. The van der Waals surface area contributed by atoms with E-state index in [1.807, 2.05) is 0 Å². The van der Waals surface area contributed by atoms with Gasteiger partial charge in [0.2, 0.25) is 0 Å². The van der Waals surface area contributed by atoms with Crippen molar-refractivity contribution in [3.05, 3.63) is 59.7 Å². The summed E-state index contributed by atoms with van der Waals surface area (Å²) in [6, 6.07) is 11.1. The maximum absolute atomic E-state index is 12.3. The fraction of sp³-hybridized carbons (Fsp3) is 0.125. The van der Waals surface area contributed by atoms with Crippen molar-refractivity contribution in [3.8, 4) is 5.75 Å². The molecule has 0 aliphatic rings. The highest BCUT2D eigenvalue weighted by molar-refractivity contribution is 7.87. The molecule has 0 radical (unpaired) electrons. The molecule has 0 amide bonds. The van der Waals surface area contributed by atoms with Gasteiger partial charge in [0.05, 0.1) is 12.7 Å². The van der Waals surface area contributed by atoms with Crippen LogP contribution < -0.4 is 4.18 Å². The molecule has 2 aromatic rings. The summed E-state index contributed by atoms with van der Waals surface area (Å²) in [4.78, 5) is 22.7. The molecule has 0 saturated heterocycles. The lowest BCUT2D eigenvalue weighted by Gasteiger charge is -2.08. The van der Waals surface area contributed by atoms with Gasteiger partial charge in [0, 0.05) is 5.56 Å². The Morgan fingerprint density at radius 3 is 2.26 bits per heavy atom. The number of ketones is 1.